The van der Waals surface area contributed by atoms with Crippen molar-refractivity contribution in [3.63, 3.8) is 0 Å². The van der Waals surface area contributed by atoms with Crippen LogP contribution < -0.4 is 25.0 Å². The summed E-state index contributed by atoms with van der Waals surface area (Å²) >= 11 is 0. The normalized spacial score (nSPS) is 10.2. The van der Waals surface area contributed by atoms with Crippen molar-refractivity contribution in [2.24, 2.45) is 0 Å². The van der Waals surface area contributed by atoms with Gasteiger partial charge in [-0.25, -0.2) is 9.97 Å². The number of carbonyl (C=O) groups excluding carboxylic acids is 1. The van der Waals surface area contributed by atoms with E-state index in [1.807, 2.05) is 43.3 Å². The van der Waals surface area contributed by atoms with Crippen molar-refractivity contribution >= 4 is 28.8 Å². The van der Waals surface area contributed by atoms with Crippen LogP contribution >= 0.6 is 0 Å². The van der Waals surface area contributed by atoms with Gasteiger partial charge in [-0.15, -0.1) is 0 Å². The molecule has 0 spiro atoms. The molecule has 2 aromatic carbocycles. The Morgan fingerprint density at radius 2 is 1.72 bits per heavy atom. The van der Waals surface area contributed by atoms with Crippen LogP contribution in [0.25, 0.3) is 0 Å². The molecule has 0 radical (unpaired) electrons. The molecule has 0 saturated carbocycles. The summed E-state index contributed by atoms with van der Waals surface area (Å²) in [6, 6.07) is 12.9. The molecular formula is C21H23N5O3. The molecule has 1 amide bonds. The minimum absolute atomic E-state index is 0.213. The Morgan fingerprint density at radius 1 is 0.966 bits per heavy atom. The quantitative estimate of drug-likeness (QED) is 0.634. The monoisotopic (exact) mass is 393 g/mol. The van der Waals surface area contributed by atoms with Gasteiger partial charge in [-0.3, -0.25) is 4.79 Å². The number of benzene rings is 2. The van der Waals surface area contributed by atoms with E-state index in [9.17, 15) is 4.79 Å². The number of rotatable bonds is 7. The fraction of sp³-hybridized carbons (Fsp3) is 0.190. The molecule has 1 aromatic heterocycles. The van der Waals surface area contributed by atoms with Gasteiger partial charge in [-0.2, -0.15) is 0 Å². The van der Waals surface area contributed by atoms with Crippen molar-refractivity contribution in [2.75, 3.05) is 43.8 Å². The number of methoxy groups -OCH3 is 2. The Balaban J connectivity index is 1.69. The Bertz CT molecular complexity index is 973. The number of nitrogens with zero attached hydrogens (tertiary/aromatic N) is 3. The summed E-state index contributed by atoms with van der Waals surface area (Å²) in [7, 11) is 7.09. The van der Waals surface area contributed by atoms with E-state index in [0.717, 1.165) is 5.69 Å². The van der Waals surface area contributed by atoms with Gasteiger partial charge in [0, 0.05) is 31.5 Å². The third kappa shape index (κ3) is 4.92. The highest BCUT2D eigenvalue weighted by Gasteiger charge is 2.11. The first-order valence-corrected chi connectivity index (χ1v) is 8.90. The third-order valence-corrected chi connectivity index (χ3v) is 4.20. The maximum Gasteiger partial charge on any atom is 0.275 e. The van der Waals surface area contributed by atoms with E-state index in [4.69, 9.17) is 9.47 Å². The highest BCUT2D eigenvalue weighted by Crippen LogP contribution is 2.30. The first-order chi connectivity index (χ1) is 14.0. The van der Waals surface area contributed by atoms with E-state index in [1.54, 1.807) is 32.4 Å². The molecule has 0 aliphatic rings. The van der Waals surface area contributed by atoms with Crippen LogP contribution in [0.3, 0.4) is 0 Å². The number of nitrogens with one attached hydrogen (secondary N) is 2. The molecule has 0 aliphatic carbocycles. The Morgan fingerprint density at radius 3 is 2.31 bits per heavy atom. The number of hydrogen-bond acceptors (Lipinski definition) is 7. The molecule has 29 heavy (non-hydrogen) atoms. The average molecular weight is 393 g/mol. The van der Waals surface area contributed by atoms with E-state index in [-0.39, 0.29) is 11.6 Å². The zero-order chi connectivity index (χ0) is 20.8. The maximum atomic E-state index is 12.4. The van der Waals surface area contributed by atoms with Gasteiger partial charge in [-0.05, 0) is 36.4 Å². The molecule has 0 aliphatic heterocycles. The summed E-state index contributed by atoms with van der Waals surface area (Å²) in [6.45, 7) is 0. The van der Waals surface area contributed by atoms with Crippen LogP contribution in [-0.4, -0.2) is 44.2 Å². The number of carbonyl (C=O) groups is 1. The zero-order valence-electron chi connectivity index (χ0n) is 16.8. The Hall–Kier alpha value is -3.81. The van der Waals surface area contributed by atoms with Gasteiger partial charge in [0.25, 0.3) is 5.91 Å². The average Bonchev–Trinajstić information content (AvgIpc) is 2.74. The van der Waals surface area contributed by atoms with E-state index >= 15 is 0 Å². The summed E-state index contributed by atoms with van der Waals surface area (Å²) in [5.41, 5.74) is 2.63. The van der Waals surface area contributed by atoms with Gasteiger partial charge in [0.15, 0.2) is 0 Å². The summed E-state index contributed by atoms with van der Waals surface area (Å²) in [5.74, 6) is 1.46. The van der Waals surface area contributed by atoms with Gasteiger partial charge in [0.2, 0.25) is 0 Å². The van der Waals surface area contributed by atoms with Gasteiger partial charge in [0.05, 0.1) is 32.3 Å². The summed E-state index contributed by atoms with van der Waals surface area (Å²) in [6.07, 6.45) is 2.90. The first kappa shape index (κ1) is 19.9. The van der Waals surface area contributed by atoms with Crippen molar-refractivity contribution in [1.29, 1.82) is 0 Å². The van der Waals surface area contributed by atoms with Gasteiger partial charge in [0.1, 0.15) is 23.0 Å². The third-order valence-electron chi connectivity index (χ3n) is 4.20. The van der Waals surface area contributed by atoms with Crippen molar-refractivity contribution in [1.82, 2.24) is 9.97 Å². The zero-order valence-corrected chi connectivity index (χ0v) is 16.8. The molecule has 8 nitrogen and oxygen atoms in total. The standard InChI is InChI=1S/C21H23N5O3/c1-26(2)15-7-5-14(6-8-15)24-21(27)18-12-23-20(13-22-18)25-17-11-16(28-3)9-10-19(17)29-4/h5-13H,1-4H3,(H,23,25)(H,24,27). The number of amides is 1. The lowest BCUT2D eigenvalue weighted by Crippen LogP contribution is -2.14. The Labute approximate surface area is 169 Å². The second kappa shape index (κ2) is 8.92. The molecule has 0 bridgehead atoms. The van der Waals surface area contributed by atoms with Crippen molar-refractivity contribution in [2.45, 2.75) is 0 Å². The maximum absolute atomic E-state index is 12.4. The van der Waals surface area contributed by atoms with Gasteiger partial charge in [-0.1, -0.05) is 0 Å². The molecular weight excluding hydrogens is 370 g/mol. The predicted molar refractivity (Wildman–Crippen MR) is 114 cm³/mol. The number of hydrogen-bond donors (Lipinski definition) is 2. The van der Waals surface area contributed by atoms with E-state index in [0.29, 0.717) is 28.7 Å². The minimum Gasteiger partial charge on any atom is -0.497 e. The minimum atomic E-state index is -0.333. The van der Waals surface area contributed by atoms with Crippen LogP contribution in [0.4, 0.5) is 22.9 Å². The molecule has 0 atom stereocenters. The molecule has 2 N–H and O–H groups in total. The fourth-order valence-corrected chi connectivity index (χ4v) is 2.60. The predicted octanol–water partition coefficient (Wildman–Crippen LogP) is 3.56. The highest BCUT2D eigenvalue weighted by molar-refractivity contribution is 6.02. The van der Waals surface area contributed by atoms with Crippen molar-refractivity contribution in [3.8, 4) is 11.5 Å². The lowest BCUT2D eigenvalue weighted by molar-refractivity contribution is 0.102. The van der Waals surface area contributed by atoms with Crippen LogP contribution in [0.15, 0.2) is 54.9 Å². The van der Waals surface area contributed by atoms with Crippen LogP contribution in [-0.2, 0) is 0 Å². The van der Waals surface area contributed by atoms with Crippen LogP contribution in [0, 0.1) is 0 Å². The van der Waals surface area contributed by atoms with Crippen molar-refractivity contribution < 1.29 is 14.3 Å². The topological polar surface area (TPSA) is 88.6 Å². The second-order valence-corrected chi connectivity index (χ2v) is 6.37. The number of ether oxygens (including phenoxy) is 2. The largest absolute Gasteiger partial charge is 0.497 e. The smallest absolute Gasteiger partial charge is 0.275 e. The molecule has 3 rings (SSSR count). The summed E-state index contributed by atoms with van der Waals surface area (Å²) < 4.78 is 10.6. The number of aromatic nitrogens is 2. The summed E-state index contributed by atoms with van der Waals surface area (Å²) in [4.78, 5) is 22.9. The molecule has 0 saturated heterocycles. The summed E-state index contributed by atoms with van der Waals surface area (Å²) in [5, 5.41) is 5.93. The van der Waals surface area contributed by atoms with E-state index in [1.165, 1.54) is 12.4 Å². The molecule has 8 heteroatoms. The molecule has 0 unspecified atom stereocenters. The van der Waals surface area contributed by atoms with Gasteiger partial charge >= 0.3 is 0 Å². The van der Waals surface area contributed by atoms with Crippen molar-refractivity contribution in [3.05, 3.63) is 60.6 Å². The van der Waals surface area contributed by atoms with Crippen LogP contribution in [0.2, 0.25) is 0 Å². The van der Waals surface area contributed by atoms with Crippen LogP contribution in [0.5, 0.6) is 11.5 Å². The molecule has 150 valence electrons. The molecule has 0 fully saturated rings. The first-order valence-electron chi connectivity index (χ1n) is 8.90. The second-order valence-electron chi connectivity index (χ2n) is 6.37. The molecule has 1 heterocycles. The lowest BCUT2D eigenvalue weighted by atomic mass is 10.2. The van der Waals surface area contributed by atoms with Gasteiger partial charge < -0.3 is 25.0 Å². The lowest BCUT2D eigenvalue weighted by Gasteiger charge is -2.13. The highest BCUT2D eigenvalue weighted by atomic mass is 16.5. The SMILES string of the molecule is COc1ccc(OC)c(Nc2cnc(C(=O)Nc3ccc(N(C)C)cc3)cn2)c1. The Kier molecular flexibility index (Phi) is 6.13. The fourth-order valence-electron chi connectivity index (χ4n) is 2.60. The van der Waals surface area contributed by atoms with Crippen LogP contribution in [0.1, 0.15) is 10.5 Å². The molecule has 3 aromatic rings. The van der Waals surface area contributed by atoms with E-state index in [2.05, 4.69) is 20.6 Å². The number of anilines is 4. The van der Waals surface area contributed by atoms with E-state index < -0.39 is 0 Å².